The van der Waals surface area contributed by atoms with Gasteiger partial charge in [-0.05, 0) is 6.07 Å². The van der Waals surface area contributed by atoms with E-state index in [0.29, 0.717) is 24.0 Å². The lowest BCUT2D eigenvalue weighted by Crippen LogP contribution is -2.21. The monoisotopic (exact) mass is 248 g/mol. The fourth-order valence-electron chi connectivity index (χ4n) is 1.66. The highest BCUT2D eigenvalue weighted by Gasteiger charge is 2.36. The Kier molecular flexibility index (Phi) is 2.26. The highest BCUT2D eigenvalue weighted by Crippen LogP contribution is 2.31. The summed E-state index contributed by atoms with van der Waals surface area (Å²) >= 11 is 0. The Balaban J connectivity index is 1.77. The standard InChI is InChI=1S/C11H12N4O3/c1-11(16-4-5-17-11)8-6-13-10(18-8)7-15-3-2-9(12)14-15/h2-6H,7H2,1H3,(H2,12,14). The maximum Gasteiger partial charge on any atom is 0.308 e. The molecule has 7 nitrogen and oxygen atoms in total. The number of rotatable bonds is 3. The average molecular weight is 248 g/mol. The van der Waals surface area contributed by atoms with E-state index in [1.165, 1.54) is 12.5 Å². The van der Waals surface area contributed by atoms with E-state index in [4.69, 9.17) is 19.6 Å². The van der Waals surface area contributed by atoms with Crippen LogP contribution in [0.15, 0.2) is 35.4 Å². The third kappa shape index (κ3) is 1.79. The molecule has 0 amide bonds. The van der Waals surface area contributed by atoms with E-state index in [2.05, 4.69) is 10.1 Å². The van der Waals surface area contributed by atoms with E-state index < -0.39 is 5.79 Å². The van der Waals surface area contributed by atoms with Crippen molar-refractivity contribution in [2.45, 2.75) is 19.3 Å². The van der Waals surface area contributed by atoms with Gasteiger partial charge in [0.15, 0.2) is 0 Å². The van der Waals surface area contributed by atoms with Gasteiger partial charge >= 0.3 is 5.79 Å². The van der Waals surface area contributed by atoms with Crippen molar-refractivity contribution in [2.24, 2.45) is 0 Å². The first kappa shape index (κ1) is 10.7. The van der Waals surface area contributed by atoms with Gasteiger partial charge in [-0.25, -0.2) is 4.98 Å². The van der Waals surface area contributed by atoms with Crippen LogP contribution < -0.4 is 5.73 Å². The Morgan fingerprint density at radius 1 is 1.39 bits per heavy atom. The number of anilines is 1. The van der Waals surface area contributed by atoms with E-state index in [0.717, 1.165) is 0 Å². The van der Waals surface area contributed by atoms with Crippen molar-refractivity contribution in [3.8, 4) is 0 Å². The zero-order valence-corrected chi connectivity index (χ0v) is 9.74. The van der Waals surface area contributed by atoms with Crippen molar-refractivity contribution in [1.82, 2.24) is 14.8 Å². The van der Waals surface area contributed by atoms with Crippen LogP contribution in [0.25, 0.3) is 0 Å². The molecule has 2 aromatic heterocycles. The Bertz CT molecular complexity index is 579. The summed E-state index contributed by atoms with van der Waals surface area (Å²) in [5.74, 6) is 0.533. The third-order valence-electron chi connectivity index (χ3n) is 2.60. The number of nitrogen functional groups attached to an aromatic ring is 1. The van der Waals surface area contributed by atoms with E-state index in [1.807, 2.05) is 0 Å². The minimum absolute atomic E-state index is 0.403. The molecule has 0 bridgehead atoms. The fraction of sp³-hybridized carbons (Fsp3) is 0.273. The first-order valence-electron chi connectivity index (χ1n) is 5.40. The Hall–Kier alpha value is -2.44. The summed E-state index contributed by atoms with van der Waals surface area (Å²) in [6.07, 6.45) is 6.27. The van der Waals surface area contributed by atoms with Crippen LogP contribution in [0.1, 0.15) is 18.6 Å². The number of oxazole rings is 1. The second kappa shape index (κ2) is 3.80. The molecule has 0 saturated carbocycles. The van der Waals surface area contributed by atoms with Crippen LogP contribution in [-0.2, 0) is 21.8 Å². The number of nitrogens with two attached hydrogens (primary N) is 1. The van der Waals surface area contributed by atoms with Gasteiger partial charge in [0.2, 0.25) is 11.7 Å². The molecule has 3 rings (SSSR count). The number of hydrogen-bond acceptors (Lipinski definition) is 6. The largest absolute Gasteiger partial charge is 0.450 e. The van der Waals surface area contributed by atoms with Crippen molar-refractivity contribution in [1.29, 1.82) is 0 Å². The van der Waals surface area contributed by atoms with Crippen LogP contribution in [-0.4, -0.2) is 14.8 Å². The topological polar surface area (TPSA) is 88.3 Å². The van der Waals surface area contributed by atoms with Crippen molar-refractivity contribution < 1.29 is 13.9 Å². The van der Waals surface area contributed by atoms with E-state index >= 15 is 0 Å². The van der Waals surface area contributed by atoms with E-state index in [9.17, 15) is 0 Å². The van der Waals surface area contributed by atoms with E-state index in [1.54, 1.807) is 30.1 Å². The highest BCUT2D eigenvalue weighted by atomic mass is 16.7. The van der Waals surface area contributed by atoms with Crippen molar-refractivity contribution in [2.75, 3.05) is 5.73 Å². The lowest BCUT2D eigenvalue weighted by Gasteiger charge is -2.19. The summed E-state index contributed by atoms with van der Waals surface area (Å²) in [6.45, 7) is 2.16. The molecule has 7 heteroatoms. The third-order valence-corrected chi connectivity index (χ3v) is 2.60. The summed E-state index contributed by atoms with van der Waals surface area (Å²) in [7, 11) is 0. The quantitative estimate of drug-likeness (QED) is 0.877. The molecule has 0 radical (unpaired) electrons. The van der Waals surface area contributed by atoms with Crippen LogP contribution in [0.3, 0.4) is 0 Å². The van der Waals surface area contributed by atoms with Crippen LogP contribution in [0.4, 0.5) is 5.82 Å². The van der Waals surface area contributed by atoms with Crippen molar-refractivity contribution in [3.63, 3.8) is 0 Å². The molecule has 0 atom stereocenters. The van der Waals surface area contributed by atoms with Gasteiger partial charge in [0, 0.05) is 13.1 Å². The Labute approximate surface area is 103 Å². The molecule has 94 valence electrons. The van der Waals surface area contributed by atoms with Crippen molar-refractivity contribution in [3.05, 3.63) is 42.6 Å². The maximum atomic E-state index is 5.58. The molecule has 2 N–H and O–H groups in total. The molecule has 0 spiro atoms. The molecule has 1 aliphatic heterocycles. The summed E-state index contributed by atoms with van der Waals surface area (Å²) in [6, 6.07) is 1.71. The van der Waals surface area contributed by atoms with Gasteiger partial charge in [0.25, 0.3) is 0 Å². The summed E-state index contributed by atoms with van der Waals surface area (Å²) < 4.78 is 17.9. The average Bonchev–Trinajstić information content (AvgIpc) is 3.02. The molecular weight excluding hydrogens is 236 g/mol. The molecule has 0 unspecified atom stereocenters. The number of ether oxygens (including phenoxy) is 2. The minimum atomic E-state index is -0.936. The van der Waals surface area contributed by atoms with Crippen LogP contribution >= 0.6 is 0 Å². The second-order valence-electron chi connectivity index (χ2n) is 4.01. The van der Waals surface area contributed by atoms with Gasteiger partial charge < -0.3 is 19.6 Å². The Morgan fingerprint density at radius 3 is 2.83 bits per heavy atom. The molecule has 0 aromatic carbocycles. The molecule has 1 aliphatic rings. The summed E-state index contributed by atoms with van der Waals surface area (Å²) in [4.78, 5) is 4.15. The Morgan fingerprint density at radius 2 is 2.17 bits per heavy atom. The van der Waals surface area contributed by atoms with Crippen LogP contribution in [0, 0.1) is 0 Å². The second-order valence-corrected chi connectivity index (χ2v) is 4.01. The minimum Gasteiger partial charge on any atom is -0.450 e. The number of aromatic nitrogens is 3. The van der Waals surface area contributed by atoms with Gasteiger partial charge in [-0.1, -0.05) is 0 Å². The molecule has 18 heavy (non-hydrogen) atoms. The summed E-state index contributed by atoms with van der Waals surface area (Å²) in [5, 5.41) is 4.05. The summed E-state index contributed by atoms with van der Waals surface area (Å²) in [5.41, 5.74) is 5.53. The normalized spacial score (nSPS) is 16.5. The highest BCUT2D eigenvalue weighted by molar-refractivity contribution is 5.23. The zero-order valence-electron chi connectivity index (χ0n) is 9.74. The number of nitrogens with zero attached hydrogens (tertiary/aromatic N) is 3. The lowest BCUT2D eigenvalue weighted by atomic mass is 10.3. The number of hydrogen-bond donors (Lipinski definition) is 1. The molecule has 0 fully saturated rings. The fourth-order valence-corrected chi connectivity index (χ4v) is 1.66. The van der Waals surface area contributed by atoms with Gasteiger partial charge in [-0.15, -0.1) is 0 Å². The van der Waals surface area contributed by atoms with Gasteiger partial charge in [0.1, 0.15) is 24.9 Å². The maximum absolute atomic E-state index is 5.58. The first-order valence-corrected chi connectivity index (χ1v) is 5.40. The van der Waals surface area contributed by atoms with Gasteiger partial charge in [-0.2, -0.15) is 5.10 Å². The molecule has 0 saturated heterocycles. The lowest BCUT2D eigenvalue weighted by molar-refractivity contribution is -0.147. The van der Waals surface area contributed by atoms with Crippen LogP contribution in [0.5, 0.6) is 0 Å². The van der Waals surface area contributed by atoms with Gasteiger partial charge in [-0.3, -0.25) is 4.68 Å². The van der Waals surface area contributed by atoms with Gasteiger partial charge in [0.05, 0.1) is 6.20 Å². The molecule has 3 heterocycles. The van der Waals surface area contributed by atoms with Crippen molar-refractivity contribution >= 4 is 5.82 Å². The van der Waals surface area contributed by atoms with E-state index in [-0.39, 0.29) is 0 Å². The predicted molar refractivity (Wildman–Crippen MR) is 60.9 cm³/mol. The zero-order chi connectivity index (χ0) is 12.6. The van der Waals surface area contributed by atoms with Crippen LogP contribution in [0.2, 0.25) is 0 Å². The molecular formula is C11H12N4O3. The molecule has 2 aromatic rings. The first-order chi connectivity index (χ1) is 8.66. The smallest absolute Gasteiger partial charge is 0.308 e. The molecule has 0 aliphatic carbocycles. The predicted octanol–water partition coefficient (Wildman–Crippen LogP) is 1.19. The SMILES string of the molecule is CC1(c2cnc(Cn3ccc(N)n3)o2)OC=CO1.